The van der Waals surface area contributed by atoms with Crippen molar-refractivity contribution in [1.29, 1.82) is 0 Å². The Hall–Kier alpha value is -3.51. The number of furan rings is 1. The normalized spacial score (nSPS) is 17.9. The second-order valence-electron chi connectivity index (χ2n) is 7.28. The molecule has 1 aliphatic heterocycles. The first-order valence-corrected chi connectivity index (χ1v) is 9.97. The molecule has 0 saturated carbocycles. The molecule has 1 fully saturated rings. The van der Waals surface area contributed by atoms with Gasteiger partial charge in [-0.15, -0.1) is 0 Å². The van der Waals surface area contributed by atoms with E-state index in [1.807, 2.05) is 6.92 Å². The summed E-state index contributed by atoms with van der Waals surface area (Å²) in [6, 6.07) is 14.1. The van der Waals surface area contributed by atoms with E-state index in [-0.39, 0.29) is 11.3 Å². The van der Waals surface area contributed by atoms with Crippen molar-refractivity contribution in [3.63, 3.8) is 0 Å². The van der Waals surface area contributed by atoms with Crippen molar-refractivity contribution in [1.82, 2.24) is 0 Å². The number of ketones is 1. The molecule has 1 aromatic heterocycles. The average Bonchev–Trinajstić information content (AvgIpc) is 3.29. The molecule has 0 aliphatic carbocycles. The van der Waals surface area contributed by atoms with E-state index in [1.54, 1.807) is 68.6 Å². The van der Waals surface area contributed by atoms with Gasteiger partial charge in [-0.2, -0.15) is 0 Å². The van der Waals surface area contributed by atoms with Crippen molar-refractivity contribution < 1.29 is 23.8 Å². The number of aliphatic hydroxyl groups excluding tert-OH is 1. The number of anilines is 1. The van der Waals surface area contributed by atoms with Crippen LogP contribution in [-0.2, 0) is 9.59 Å². The number of rotatable bonds is 4. The minimum absolute atomic E-state index is 0.0427. The Kier molecular flexibility index (Phi) is 5.33. The molecule has 1 unspecified atom stereocenters. The van der Waals surface area contributed by atoms with E-state index in [2.05, 4.69) is 0 Å². The zero-order chi connectivity index (χ0) is 22.3. The molecule has 4 rings (SSSR count). The maximum absolute atomic E-state index is 13.1. The number of ether oxygens (including phenoxy) is 1. The minimum Gasteiger partial charge on any atom is -0.507 e. The molecule has 1 saturated heterocycles. The quantitative estimate of drug-likeness (QED) is 0.345. The predicted molar refractivity (Wildman–Crippen MR) is 117 cm³/mol. The van der Waals surface area contributed by atoms with Crippen LogP contribution in [0.4, 0.5) is 5.69 Å². The van der Waals surface area contributed by atoms with Crippen LogP contribution in [0.15, 0.2) is 64.6 Å². The largest absolute Gasteiger partial charge is 0.507 e. The second-order valence-corrected chi connectivity index (χ2v) is 7.71. The van der Waals surface area contributed by atoms with Crippen LogP contribution in [-0.4, -0.2) is 23.9 Å². The molecule has 1 amide bonds. The van der Waals surface area contributed by atoms with Crippen LogP contribution in [0.3, 0.4) is 0 Å². The van der Waals surface area contributed by atoms with Gasteiger partial charge in [0, 0.05) is 16.3 Å². The number of benzene rings is 2. The highest BCUT2D eigenvalue weighted by molar-refractivity contribution is 6.51. The maximum Gasteiger partial charge on any atom is 0.300 e. The highest BCUT2D eigenvalue weighted by Crippen LogP contribution is 2.43. The van der Waals surface area contributed by atoms with Gasteiger partial charge >= 0.3 is 0 Å². The number of aryl methyl sites for hydroxylation is 2. The third kappa shape index (κ3) is 3.59. The lowest BCUT2D eigenvalue weighted by Gasteiger charge is -2.23. The molecule has 0 radical (unpaired) electrons. The zero-order valence-corrected chi connectivity index (χ0v) is 17.9. The molecule has 6 nitrogen and oxygen atoms in total. The number of carbonyl (C=O) groups is 2. The fourth-order valence-electron chi connectivity index (χ4n) is 3.75. The molecule has 1 N–H and O–H groups in total. The molecule has 158 valence electrons. The summed E-state index contributed by atoms with van der Waals surface area (Å²) in [7, 11) is 1.55. The summed E-state index contributed by atoms with van der Waals surface area (Å²) in [5.41, 5.74) is 1.61. The fourth-order valence-corrected chi connectivity index (χ4v) is 3.88. The highest BCUT2D eigenvalue weighted by Gasteiger charge is 2.48. The lowest BCUT2D eigenvalue weighted by molar-refractivity contribution is -0.132. The number of nitrogens with zero attached hydrogens (tertiary/aromatic N) is 1. The number of Topliss-reactive ketones (excluding diaryl/α,β-unsaturated/α-hetero) is 1. The predicted octanol–water partition coefficient (Wildman–Crippen LogP) is 5.18. The van der Waals surface area contributed by atoms with Gasteiger partial charge in [0.1, 0.15) is 29.1 Å². The Morgan fingerprint density at radius 3 is 2.35 bits per heavy atom. The minimum atomic E-state index is -0.919. The summed E-state index contributed by atoms with van der Waals surface area (Å²) in [6.45, 7) is 3.60. The molecule has 7 heteroatoms. The molecule has 3 aromatic rings. The summed E-state index contributed by atoms with van der Waals surface area (Å²) >= 11 is 5.99. The molecule has 0 bridgehead atoms. The summed E-state index contributed by atoms with van der Waals surface area (Å²) in [6.07, 6.45) is 0. The van der Waals surface area contributed by atoms with E-state index in [1.165, 1.54) is 4.90 Å². The maximum atomic E-state index is 13.1. The van der Waals surface area contributed by atoms with Crippen molar-refractivity contribution in [2.75, 3.05) is 12.0 Å². The van der Waals surface area contributed by atoms with Crippen molar-refractivity contribution in [2.45, 2.75) is 19.9 Å². The monoisotopic (exact) mass is 437 g/mol. The van der Waals surface area contributed by atoms with E-state index in [0.29, 0.717) is 33.5 Å². The number of carbonyl (C=O) groups excluding carboxylic acids is 2. The SMILES string of the molecule is COc1ccc(/C(O)=C2/C(=O)C(=O)N(c3ccc(Cl)cc3)C2c2ccc(C)o2)cc1C. The number of hydrogen-bond acceptors (Lipinski definition) is 5. The number of halogens is 1. The van der Waals surface area contributed by atoms with Gasteiger partial charge in [0.2, 0.25) is 0 Å². The van der Waals surface area contributed by atoms with Gasteiger partial charge in [0.15, 0.2) is 0 Å². The first kappa shape index (κ1) is 20.8. The van der Waals surface area contributed by atoms with Crippen LogP contribution >= 0.6 is 11.6 Å². The summed E-state index contributed by atoms with van der Waals surface area (Å²) in [5, 5.41) is 11.6. The Morgan fingerprint density at radius 2 is 1.77 bits per heavy atom. The number of methoxy groups -OCH3 is 1. The average molecular weight is 438 g/mol. The van der Waals surface area contributed by atoms with Crippen LogP contribution in [0.25, 0.3) is 5.76 Å². The van der Waals surface area contributed by atoms with E-state index < -0.39 is 17.7 Å². The molecule has 0 spiro atoms. The lowest BCUT2D eigenvalue weighted by Crippen LogP contribution is -2.29. The highest BCUT2D eigenvalue weighted by atomic mass is 35.5. The van der Waals surface area contributed by atoms with Crippen LogP contribution in [0.1, 0.15) is 28.7 Å². The van der Waals surface area contributed by atoms with E-state index in [0.717, 1.165) is 5.56 Å². The molecule has 2 heterocycles. The second kappa shape index (κ2) is 7.96. The Morgan fingerprint density at radius 1 is 1.06 bits per heavy atom. The molecule has 31 heavy (non-hydrogen) atoms. The molecular weight excluding hydrogens is 418 g/mol. The van der Waals surface area contributed by atoms with Gasteiger partial charge in [-0.05, 0) is 74.0 Å². The number of hydrogen-bond donors (Lipinski definition) is 1. The van der Waals surface area contributed by atoms with Crippen molar-refractivity contribution in [3.8, 4) is 5.75 Å². The summed E-state index contributed by atoms with van der Waals surface area (Å²) in [5.74, 6) is -0.181. The zero-order valence-electron chi connectivity index (χ0n) is 17.2. The third-order valence-electron chi connectivity index (χ3n) is 5.25. The van der Waals surface area contributed by atoms with Crippen LogP contribution in [0.2, 0.25) is 5.02 Å². The van der Waals surface area contributed by atoms with E-state index in [9.17, 15) is 14.7 Å². The van der Waals surface area contributed by atoms with Gasteiger partial charge in [-0.1, -0.05) is 11.6 Å². The van der Waals surface area contributed by atoms with E-state index >= 15 is 0 Å². The number of aliphatic hydroxyl groups is 1. The van der Waals surface area contributed by atoms with Crippen LogP contribution in [0, 0.1) is 13.8 Å². The topological polar surface area (TPSA) is 80.0 Å². The van der Waals surface area contributed by atoms with Gasteiger partial charge in [-0.25, -0.2) is 0 Å². The van der Waals surface area contributed by atoms with Crippen molar-refractivity contribution in [2.24, 2.45) is 0 Å². The fraction of sp³-hybridized carbons (Fsp3) is 0.167. The van der Waals surface area contributed by atoms with E-state index in [4.69, 9.17) is 20.8 Å². The molecular formula is C24H20ClNO5. The Balaban J connectivity index is 1.92. The van der Waals surface area contributed by atoms with Gasteiger partial charge < -0.3 is 14.3 Å². The van der Waals surface area contributed by atoms with Crippen molar-refractivity contribution >= 4 is 34.7 Å². The summed E-state index contributed by atoms with van der Waals surface area (Å²) in [4.78, 5) is 27.4. The molecule has 1 atom stereocenters. The smallest absolute Gasteiger partial charge is 0.300 e. The number of amides is 1. The van der Waals surface area contributed by atoms with Crippen LogP contribution in [0.5, 0.6) is 5.75 Å². The lowest BCUT2D eigenvalue weighted by atomic mass is 9.98. The van der Waals surface area contributed by atoms with Crippen LogP contribution < -0.4 is 9.64 Å². The summed E-state index contributed by atoms with van der Waals surface area (Å²) < 4.78 is 11.0. The first-order valence-electron chi connectivity index (χ1n) is 9.59. The third-order valence-corrected chi connectivity index (χ3v) is 5.50. The van der Waals surface area contributed by atoms with Gasteiger partial charge in [0.25, 0.3) is 11.7 Å². The molecule has 2 aromatic carbocycles. The van der Waals surface area contributed by atoms with Crippen molar-refractivity contribution in [3.05, 3.63) is 87.8 Å². The Labute approximate surface area is 184 Å². The van der Waals surface area contributed by atoms with Gasteiger partial charge in [0.05, 0.1) is 12.7 Å². The Bertz CT molecular complexity index is 1210. The van der Waals surface area contributed by atoms with Gasteiger partial charge in [-0.3, -0.25) is 14.5 Å². The standard InChI is InChI=1S/C24H20ClNO5/c1-13-12-15(5-11-18(13)30-3)22(27)20-21(19-10-4-14(2)31-19)26(24(29)23(20)28)17-8-6-16(25)7-9-17/h4-12,21,27H,1-3H3/b22-20-. The first-order chi connectivity index (χ1) is 14.8. The molecule has 1 aliphatic rings.